The van der Waals surface area contributed by atoms with Gasteiger partial charge in [0.2, 0.25) is 12.3 Å². The molecular weight excluding hydrogens is 415 g/mol. The van der Waals surface area contributed by atoms with Gasteiger partial charge in [0.1, 0.15) is 11.4 Å². The summed E-state index contributed by atoms with van der Waals surface area (Å²) in [5.74, 6) is 0.802. The Morgan fingerprint density at radius 2 is 1.67 bits per heavy atom. The molecule has 0 unspecified atom stereocenters. The van der Waals surface area contributed by atoms with Crippen LogP contribution in [0.5, 0.6) is 5.75 Å². The second kappa shape index (κ2) is 8.54. The van der Waals surface area contributed by atoms with E-state index in [2.05, 4.69) is 4.98 Å². The number of methoxy groups -OCH3 is 1. The fourth-order valence-electron chi connectivity index (χ4n) is 2.30. The number of ether oxygens (including phenoxy) is 1. The lowest BCUT2D eigenvalue weighted by Gasteiger charge is -2.04. The third-order valence-corrected chi connectivity index (χ3v) is 3.58. The molecule has 0 atom stereocenters. The molecule has 5 heteroatoms. The van der Waals surface area contributed by atoms with E-state index in [9.17, 15) is 4.79 Å². The quantitative estimate of drug-likeness (QED) is 0.322. The van der Waals surface area contributed by atoms with E-state index in [1.165, 1.54) is 0 Å². The van der Waals surface area contributed by atoms with Gasteiger partial charge >= 0.3 is 0 Å². The van der Waals surface area contributed by atoms with Gasteiger partial charge in [-0.3, -0.25) is 9.78 Å². The Balaban J connectivity index is 0.00000208. The third-order valence-electron chi connectivity index (χ3n) is 3.58. The lowest BCUT2D eigenvalue weighted by atomic mass is 10.1. The summed E-state index contributed by atoms with van der Waals surface area (Å²) in [7, 11) is 1.64. The van der Waals surface area contributed by atoms with Crippen molar-refractivity contribution in [1.82, 2.24) is 4.98 Å². The van der Waals surface area contributed by atoms with Crippen molar-refractivity contribution >= 4 is 5.78 Å². The van der Waals surface area contributed by atoms with Crippen LogP contribution in [0, 0.1) is 0 Å². The molecule has 3 rings (SSSR count). The van der Waals surface area contributed by atoms with Crippen molar-refractivity contribution in [3.63, 3.8) is 0 Å². The molecule has 2 heterocycles. The van der Waals surface area contributed by atoms with Crippen LogP contribution in [0.2, 0.25) is 0 Å². The second-order valence-electron chi connectivity index (χ2n) is 5.13. The Morgan fingerprint density at radius 1 is 1.00 bits per heavy atom. The summed E-state index contributed by atoms with van der Waals surface area (Å²) < 4.78 is 6.98. The van der Waals surface area contributed by atoms with Crippen molar-refractivity contribution in [1.29, 1.82) is 0 Å². The Morgan fingerprint density at radius 3 is 2.25 bits per heavy atom. The largest absolute Gasteiger partial charge is 1.00 e. The average molecular weight is 432 g/mol. The van der Waals surface area contributed by atoms with E-state index >= 15 is 0 Å². The molecule has 3 aromatic rings. The highest BCUT2D eigenvalue weighted by Crippen LogP contribution is 2.21. The summed E-state index contributed by atoms with van der Waals surface area (Å²) in [6.07, 6.45) is 5.46. The van der Waals surface area contributed by atoms with E-state index in [-0.39, 0.29) is 36.3 Å². The molecule has 0 saturated heterocycles. The van der Waals surface area contributed by atoms with Crippen LogP contribution in [-0.4, -0.2) is 17.9 Å². The van der Waals surface area contributed by atoms with E-state index in [1.54, 1.807) is 19.4 Å². The SMILES string of the molecule is COc1ccc(-c2ccc(C(=O)C[n+]3ccccc3)nc2)cc1.[I-]. The van der Waals surface area contributed by atoms with Gasteiger partial charge in [0.05, 0.1) is 7.11 Å². The molecule has 0 aliphatic rings. The first kappa shape index (κ1) is 18.1. The normalized spacial score (nSPS) is 9.88. The van der Waals surface area contributed by atoms with Crippen molar-refractivity contribution < 1.29 is 38.1 Å². The number of hydrogen-bond acceptors (Lipinski definition) is 3. The Bertz CT molecular complexity index is 788. The van der Waals surface area contributed by atoms with Crippen LogP contribution in [0.15, 0.2) is 73.2 Å². The van der Waals surface area contributed by atoms with Crippen LogP contribution in [0.3, 0.4) is 0 Å². The Labute approximate surface area is 158 Å². The number of carbonyl (C=O) groups excluding carboxylic acids is 1. The zero-order valence-electron chi connectivity index (χ0n) is 13.2. The van der Waals surface area contributed by atoms with Gasteiger partial charge in [0, 0.05) is 23.9 Å². The summed E-state index contributed by atoms with van der Waals surface area (Å²) in [4.78, 5) is 16.5. The molecule has 2 aromatic heterocycles. The standard InChI is InChI=1S/C19H17N2O2.HI/c1-23-17-8-5-15(6-9-17)16-7-10-18(20-13-16)19(22)14-21-11-3-2-4-12-21;/h2-13H,14H2,1H3;1H/q+1;/p-1. The molecule has 0 aliphatic heterocycles. The van der Waals surface area contributed by atoms with Crippen LogP contribution in [0.4, 0.5) is 0 Å². The maximum Gasteiger partial charge on any atom is 0.245 e. The molecule has 4 nitrogen and oxygen atoms in total. The molecule has 0 N–H and O–H groups in total. The maximum atomic E-state index is 12.2. The van der Waals surface area contributed by atoms with Gasteiger partial charge in [-0.05, 0) is 23.8 Å². The van der Waals surface area contributed by atoms with Gasteiger partial charge in [-0.15, -0.1) is 0 Å². The van der Waals surface area contributed by atoms with Crippen molar-refractivity contribution in [3.05, 3.63) is 78.9 Å². The van der Waals surface area contributed by atoms with Crippen LogP contribution < -0.4 is 33.3 Å². The van der Waals surface area contributed by atoms with Crippen LogP contribution in [-0.2, 0) is 6.54 Å². The monoisotopic (exact) mass is 432 g/mol. The first-order chi connectivity index (χ1) is 11.3. The van der Waals surface area contributed by atoms with Crippen molar-refractivity contribution in [2.75, 3.05) is 7.11 Å². The number of pyridine rings is 2. The Kier molecular flexibility index (Phi) is 6.43. The first-order valence-corrected chi connectivity index (χ1v) is 7.34. The summed E-state index contributed by atoms with van der Waals surface area (Å²) in [5.41, 5.74) is 2.48. The Hall–Kier alpha value is -2.28. The predicted molar refractivity (Wildman–Crippen MR) is 87.2 cm³/mol. The van der Waals surface area contributed by atoms with Crippen molar-refractivity contribution in [2.45, 2.75) is 6.54 Å². The summed E-state index contributed by atoms with van der Waals surface area (Å²) in [6.45, 7) is 0.287. The number of halogens is 1. The molecule has 0 aliphatic carbocycles. The smallest absolute Gasteiger partial charge is 0.245 e. The minimum Gasteiger partial charge on any atom is -1.00 e. The summed E-state index contributed by atoms with van der Waals surface area (Å²) >= 11 is 0. The minimum absolute atomic E-state index is 0. The zero-order chi connectivity index (χ0) is 16.1. The lowest BCUT2D eigenvalue weighted by Crippen LogP contribution is -3.00. The lowest BCUT2D eigenvalue weighted by molar-refractivity contribution is -0.683. The third kappa shape index (κ3) is 4.38. The van der Waals surface area contributed by atoms with Crippen LogP contribution in [0.1, 0.15) is 10.5 Å². The number of Topliss-reactive ketones (excluding diaryl/α,β-unsaturated/α-hetero) is 1. The van der Waals surface area contributed by atoms with E-state index in [0.717, 1.165) is 16.9 Å². The van der Waals surface area contributed by atoms with E-state index < -0.39 is 0 Å². The van der Waals surface area contributed by atoms with Gasteiger partial charge in [0.25, 0.3) is 0 Å². The highest BCUT2D eigenvalue weighted by Gasteiger charge is 2.13. The average Bonchev–Trinajstić information content (AvgIpc) is 2.63. The highest BCUT2D eigenvalue weighted by molar-refractivity contribution is 5.93. The summed E-state index contributed by atoms with van der Waals surface area (Å²) in [5, 5.41) is 0. The van der Waals surface area contributed by atoms with E-state index in [0.29, 0.717) is 5.69 Å². The second-order valence-corrected chi connectivity index (χ2v) is 5.13. The molecule has 0 fully saturated rings. The van der Waals surface area contributed by atoms with Gasteiger partial charge in [-0.25, -0.2) is 0 Å². The molecule has 122 valence electrons. The maximum absolute atomic E-state index is 12.2. The fraction of sp³-hybridized carbons (Fsp3) is 0.105. The molecule has 0 saturated carbocycles. The highest BCUT2D eigenvalue weighted by atomic mass is 127. The number of ketones is 1. The zero-order valence-corrected chi connectivity index (χ0v) is 15.4. The number of hydrogen-bond donors (Lipinski definition) is 0. The number of aromatic nitrogens is 2. The van der Waals surface area contributed by atoms with Crippen molar-refractivity contribution in [2.24, 2.45) is 0 Å². The van der Waals surface area contributed by atoms with Crippen LogP contribution >= 0.6 is 0 Å². The van der Waals surface area contributed by atoms with E-state index in [1.807, 2.05) is 65.5 Å². The number of nitrogens with zero attached hydrogens (tertiary/aromatic N) is 2. The van der Waals surface area contributed by atoms with Crippen LogP contribution in [0.25, 0.3) is 11.1 Å². The number of rotatable bonds is 5. The fourth-order valence-corrected chi connectivity index (χ4v) is 2.30. The van der Waals surface area contributed by atoms with E-state index in [4.69, 9.17) is 4.74 Å². The van der Waals surface area contributed by atoms with Gasteiger partial charge in [-0.1, -0.05) is 24.3 Å². The molecular formula is C19H17IN2O2. The molecule has 24 heavy (non-hydrogen) atoms. The topological polar surface area (TPSA) is 43.1 Å². The molecule has 0 bridgehead atoms. The van der Waals surface area contributed by atoms with Crippen molar-refractivity contribution in [3.8, 4) is 16.9 Å². The molecule has 0 radical (unpaired) electrons. The number of carbonyl (C=O) groups is 1. The molecule has 0 spiro atoms. The first-order valence-electron chi connectivity index (χ1n) is 7.34. The van der Waals surface area contributed by atoms with Gasteiger partial charge in [-0.2, -0.15) is 4.57 Å². The summed E-state index contributed by atoms with van der Waals surface area (Å²) in [6, 6.07) is 17.1. The number of benzene rings is 1. The molecule has 1 aromatic carbocycles. The van der Waals surface area contributed by atoms with Gasteiger partial charge in [0.15, 0.2) is 12.4 Å². The molecule has 0 amide bonds. The van der Waals surface area contributed by atoms with Gasteiger partial charge < -0.3 is 28.7 Å². The predicted octanol–water partition coefficient (Wildman–Crippen LogP) is -0.0684. The minimum atomic E-state index is -0.0116.